The average molecular weight is 175 g/mol. The van der Waals surface area contributed by atoms with Crippen LogP contribution in [0.15, 0.2) is 12.3 Å². The fourth-order valence-electron chi connectivity index (χ4n) is 0.928. The Morgan fingerprint density at radius 2 is 2.38 bits per heavy atom. The number of anilines is 1. The van der Waals surface area contributed by atoms with Crippen LogP contribution in [0.2, 0.25) is 0 Å². The highest BCUT2D eigenvalue weighted by Crippen LogP contribution is 2.02. The molecule has 68 valence electrons. The normalized spacial score (nSPS) is 8.77. The van der Waals surface area contributed by atoms with Crippen LogP contribution in [-0.4, -0.2) is 16.7 Å². The third-order valence-electron chi connectivity index (χ3n) is 1.52. The second-order valence-electron chi connectivity index (χ2n) is 2.72. The molecule has 0 aliphatic rings. The monoisotopic (exact) mass is 175 g/mol. The first-order valence-corrected chi connectivity index (χ1v) is 4.25. The summed E-state index contributed by atoms with van der Waals surface area (Å²) >= 11 is 0. The van der Waals surface area contributed by atoms with E-state index in [-0.39, 0.29) is 0 Å². The Bertz CT molecular complexity index is 322. The van der Waals surface area contributed by atoms with Crippen LogP contribution < -0.4 is 5.32 Å². The van der Waals surface area contributed by atoms with Crippen molar-refractivity contribution >= 4 is 5.82 Å². The quantitative estimate of drug-likeness (QED) is 0.560. The summed E-state index contributed by atoms with van der Waals surface area (Å²) in [4.78, 5) is 0. The minimum atomic E-state index is 0.818. The van der Waals surface area contributed by atoms with Crippen molar-refractivity contribution in [3.63, 3.8) is 0 Å². The van der Waals surface area contributed by atoms with Gasteiger partial charge < -0.3 is 5.32 Å². The van der Waals surface area contributed by atoms with Crippen LogP contribution >= 0.6 is 0 Å². The van der Waals surface area contributed by atoms with Gasteiger partial charge >= 0.3 is 0 Å². The molecule has 3 heteroatoms. The topological polar surface area (TPSA) is 37.8 Å². The molecule has 13 heavy (non-hydrogen) atoms. The molecule has 0 aromatic carbocycles. The molecule has 0 aliphatic heterocycles. The van der Waals surface area contributed by atoms with Crippen LogP contribution in [-0.2, 0) is 0 Å². The maximum atomic E-state index is 3.93. The smallest absolute Gasteiger partial charge is 0.148 e. The molecule has 1 N–H and O–H groups in total. The number of aromatic nitrogens is 2. The number of hydrogen-bond acceptors (Lipinski definition) is 3. The van der Waals surface area contributed by atoms with E-state index >= 15 is 0 Å². The first kappa shape index (κ1) is 9.53. The van der Waals surface area contributed by atoms with E-state index in [0.29, 0.717) is 0 Å². The Labute approximate surface area is 78.6 Å². The molecule has 0 bridgehead atoms. The lowest BCUT2D eigenvalue weighted by molar-refractivity contribution is 0.982. The fraction of sp³-hybridized carbons (Fsp3) is 0.400. The third-order valence-corrected chi connectivity index (χ3v) is 1.52. The van der Waals surface area contributed by atoms with Crippen LogP contribution in [0.25, 0.3) is 0 Å². The molecule has 0 saturated carbocycles. The summed E-state index contributed by atoms with van der Waals surface area (Å²) in [5.41, 5.74) is 1.11. The molecule has 3 nitrogen and oxygen atoms in total. The van der Waals surface area contributed by atoms with Gasteiger partial charge in [-0.05, 0) is 25.5 Å². The largest absolute Gasteiger partial charge is 0.368 e. The molecular weight excluding hydrogens is 162 g/mol. The van der Waals surface area contributed by atoms with Crippen molar-refractivity contribution in [2.45, 2.75) is 20.3 Å². The number of hydrogen-bond donors (Lipinski definition) is 1. The van der Waals surface area contributed by atoms with Gasteiger partial charge in [-0.25, -0.2) is 0 Å². The minimum absolute atomic E-state index is 0.818. The standard InChI is InChI=1S/C10H13N3/c1-3-4-5-6-11-10-7-9(2)8-12-13-10/h7-8H,5-6H2,1-2H3,(H,11,13). The van der Waals surface area contributed by atoms with E-state index in [1.54, 1.807) is 6.20 Å². The van der Waals surface area contributed by atoms with Crippen molar-refractivity contribution in [3.05, 3.63) is 17.8 Å². The van der Waals surface area contributed by atoms with E-state index in [1.807, 2.05) is 19.9 Å². The van der Waals surface area contributed by atoms with Gasteiger partial charge in [0.25, 0.3) is 0 Å². The summed E-state index contributed by atoms with van der Waals surface area (Å²) in [7, 11) is 0. The van der Waals surface area contributed by atoms with Gasteiger partial charge in [-0.3, -0.25) is 0 Å². The van der Waals surface area contributed by atoms with Gasteiger partial charge in [-0.2, -0.15) is 5.10 Å². The number of nitrogens with zero attached hydrogens (tertiary/aromatic N) is 2. The summed E-state index contributed by atoms with van der Waals surface area (Å²) in [5.74, 6) is 6.63. The molecule has 0 saturated heterocycles. The Kier molecular flexibility index (Phi) is 3.77. The average Bonchev–Trinajstić information content (AvgIpc) is 2.13. The first-order valence-electron chi connectivity index (χ1n) is 4.25. The lowest BCUT2D eigenvalue weighted by Gasteiger charge is -2.01. The zero-order chi connectivity index (χ0) is 9.52. The van der Waals surface area contributed by atoms with Crippen LogP contribution in [0.1, 0.15) is 18.9 Å². The Hall–Kier alpha value is -1.56. The molecule has 1 heterocycles. The first-order chi connectivity index (χ1) is 6.33. The van der Waals surface area contributed by atoms with Gasteiger partial charge in [0, 0.05) is 13.0 Å². The lowest BCUT2D eigenvalue weighted by Crippen LogP contribution is -2.03. The summed E-state index contributed by atoms with van der Waals surface area (Å²) < 4.78 is 0. The molecular formula is C10H13N3. The molecule has 1 aromatic heterocycles. The van der Waals surface area contributed by atoms with E-state index in [9.17, 15) is 0 Å². The highest BCUT2D eigenvalue weighted by Gasteiger charge is 1.92. The van der Waals surface area contributed by atoms with Gasteiger partial charge in [0.2, 0.25) is 0 Å². The van der Waals surface area contributed by atoms with Gasteiger partial charge in [0.1, 0.15) is 5.82 Å². The Balaban J connectivity index is 2.39. The highest BCUT2D eigenvalue weighted by atomic mass is 15.2. The summed E-state index contributed by atoms with van der Waals surface area (Å²) in [5, 5.41) is 10.9. The second-order valence-corrected chi connectivity index (χ2v) is 2.72. The number of rotatable bonds is 3. The van der Waals surface area contributed by atoms with E-state index in [2.05, 4.69) is 27.4 Å². The predicted octanol–water partition coefficient (Wildman–Crippen LogP) is 1.61. The molecule has 0 atom stereocenters. The van der Waals surface area contributed by atoms with E-state index in [1.165, 1.54) is 0 Å². The minimum Gasteiger partial charge on any atom is -0.368 e. The van der Waals surface area contributed by atoms with E-state index in [0.717, 1.165) is 24.3 Å². The molecule has 0 aliphatic carbocycles. The molecule has 0 amide bonds. The third kappa shape index (κ3) is 3.57. The van der Waals surface area contributed by atoms with Crippen molar-refractivity contribution in [2.24, 2.45) is 0 Å². The SMILES string of the molecule is CC#CCCNc1cc(C)cnn1. The van der Waals surface area contributed by atoms with Crippen molar-refractivity contribution in [1.29, 1.82) is 0 Å². The Morgan fingerprint density at radius 1 is 1.54 bits per heavy atom. The van der Waals surface area contributed by atoms with Gasteiger partial charge in [0.05, 0.1) is 6.20 Å². The van der Waals surface area contributed by atoms with Crippen LogP contribution in [0.5, 0.6) is 0 Å². The van der Waals surface area contributed by atoms with Crippen LogP contribution in [0.4, 0.5) is 5.82 Å². The van der Waals surface area contributed by atoms with Gasteiger partial charge in [-0.1, -0.05) is 0 Å². The summed E-state index contributed by atoms with van der Waals surface area (Å²) in [6.45, 7) is 4.65. The summed E-state index contributed by atoms with van der Waals surface area (Å²) in [6, 6.07) is 1.96. The van der Waals surface area contributed by atoms with Crippen LogP contribution in [0, 0.1) is 18.8 Å². The molecule has 1 rings (SSSR count). The number of nitrogens with one attached hydrogen (secondary N) is 1. The molecule has 0 radical (unpaired) electrons. The van der Waals surface area contributed by atoms with Crippen LogP contribution in [0.3, 0.4) is 0 Å². The maximum absolute atomic E-state index is 3.93. The zero-order valence-electron chi connectivity index (χ0n) is 7.96. The van der Waals surface area contributed by atoms with Gasteiger partial charge in [0.15, 0.2) is 0 Å². The van der Waals surface area contributed by atoms with E-state index < -0.39 is 0 Å². The molecule has 0 fully saturated rings. The van der Waals surface area contributed by atoms with Crippen molar-refractivity contribution in [1.82, 2.24) is 10.2 Å². The van der Waals surface area contributed by atoms with Crippen molar-refractivity contribution < 1.29 is 0 Å². The fourth-order valence-corrected chi connectivity index (χ4v) is 0.928. The highest BCUT2D eigenvalue weighted by molar-refractivity contribution is 5.34. The van der Waals surface area contributed by atoms with E-state index in [4.69, 9.17) is 0 Å². The van der Waals surface area contributed by atoms with Crippen molar-refractivity contribution in [2.75, 3.05) is 11.9 Å². The summed E-state index contributed by atoms with van der Waals surface area (Å²) in [6.07, 6.45) is 2.57. The lowest BCUT2D eigenvalue weighted by atomic mass is 10.3. The van der Waals surface area contributed by atoms with Gasteiger partial charge in [-0.15, -0.1) is 16.9 Å². The second kappa shape index (κ2) is 5.15. The Morgan fingerprint density at radius 3 is 3.08 bits per heavy atom. The molecule has 1 aromatic rings. The predicted molar refractivity (Wildman–Crippen MR) is 53.3 cm³/mol. The van der Waals surface area contributed by atoms with Crippen molar-refractivity contribution in [3.8, 4) is 11.8 Å². The molecule has 0 spiro atoms. The maximum Gasteiger partial charge on any atom is 0.148 e. The molecule has 0 unspecified atom stereocenters. The number of aryl methyl sites for hydroxylation is 1. The zero-order valence-corrected chi connectivity index (χ0v) is 7.96.